The van der Waals surface area contributed by atoms with Crippen LogP contribution >= 0.6 is 12.2 Å². The Kier molecular flexibility index (Phi) is 5.32. The summed E-state index contributed by atoms with van der Waals surface area (Å²) in [4.78, 5) is 6.16. The molecule has 0 spiro atoms. The van der Waals surface area contributed by atoms with Crippen molar-refractivity contribution in [2.45, 2.75) is 13.1 Å². The van der Waals surface area contributed by atoms with E-state index in [4.69, 9.17) is 16.6 Å². The van der Waals surface area contributed by atoms with Gasteiger partial charge in [-0.15, -0.1) is 6.58 Å². The fourth-order valence-corrected chi connectivity index (χ4v) is 1.99. The van der Waals surface area contributed by atoms with Crippen LogP contribution in [0.25, 0.3) is 0 Å². The number of aromatic nitrogens is 1. The van der Waals surface area contributed by atoms with Crippen LogP contribution in [0.15, 0.2) is 60.0 Å². The van der Waals surface area contributed by atoms with E-state index in [1.165, 1.54) is 0 Å². The summed E-state index contributed by atoms with van der Waals surface area (Å²) in [6.45, 7) is 5.62. The highest BCUT2D eigenvalue weighted by Crippen LogP contribution is 2.10. The number of pyridine rings is 1. The molecule has 2 heterocycles. The van der Waals surface area contributed by atoms with Gasteiger partial charge in [-0.3, -0.25) is 4.98 Å². The zero-order chi connectivity index (χ0) is 14.2. The minimum atomic E-state index is 0.616. The summed E-state index contributed by atoms with van der Waals surface area (Å²) in [6, 6.07) is 7.75. The van der Waals surface area contributed by atoms with E-state index in [1.54, 1.807) is 18.5 Å². The first-order valence-electron chi connectivity index (χ1n) is 6.34. The number of thiocarbonyl (C=S) groups is 1. The summed E-state index contributed by atoms with van der Waals surface area (Å²) < 4.78 is 5.39. The molecule has 0 bridgehead atoms. The number of hydrogen-bond donors (Lipinski definition) is 1. The van der Waals surface area contributed by atoms with Crippen molar-refractivity contribution >= 4 is 17.3 Å². The van der Waals surface area contributed by atoms with Crippen LogP contribution in [0.3, 0.4) is 0 Å². The lowest BCUT2D eigenvalue weighted by Gasteiger charge is -2.24. The summed E-state index contributed by atoms with van der Waals surface area (Å²) in [7, 11) is 0. The quantitative estimate of drug-likeness (QED) is 0.653. The minimum Gasteiger partial charge on any atom is -0.467 e. The van der Waals surface area contributed by atoms with Gasteiger partial charge >= 0.3 is 0 Å². The standard InChI is InChI=1S/C15H17N3OS/c1-2-7-17-15(20)18(12-14-6-4-9-19-14)11-13-5-3-8-16-10-13/h2-6,8-10H,1,7,11-12H2,(H,17,20). The van der Waals surface area contributed by atoms with Gasteiger partial charge in [0.05, 0.1) is 12.8 Å². The second-order valence-corrected chi connectivity index (χ2v) is 4.66. The molecular weight excluding hydrogens is 270 g/mol. The molecule has 2 aromatic rings. The monoisotopic (exact) mass is 287 g/mol. The molecule has 0 aliphatic heterocycles. The fraction of sp³-hybridized carbons (Fsp3) is 0.200. The van der Waals surface area contributed by atoms with E-state index in [0.717, 1.165) is 11.3 Å². The van der Waals surface area contributed by atoms with Crippen molar-refractivity contribution in [1.29, 1.82) is 0 Å². The SMILES string of the molecule is C=CCNC(=S)N(Cc1cccnc1)Cc1ccco1. The Bertz CT molecular complexity index is 540. The molecule has 0 aliphatic rings. The van der Waals surface area contributed by atoms with Crippen molar-refractivity contribution < 1.29 is 4.42 Å². The molecule has 0 amide bonds. The summed E-state index contributed by atoms with van der Waals surface area (Å²) in [5, 5.41) is 3.81. The maximum absolute atomic E-state index is 5.42. The molecular formula is C15H17N3OS. The summed E-state index contributed by atoms with van der Waals surface area (Å²) >= 11 is 5.42. The molecule has 0 atom stereocenters. The van der Waals surface area contributed by atoms with Crippen molar-refractivity contribution in [3.05, 3.63) is 66.9 Å². The zero-order valence-corrected chi connectivity index (χ0v) is 12.0. The van der Waals surface area contributed by atoms with Crippen molar-refractivity contribution in [3.8, 4) is 0 Å². The smallest absolute Gasteiger partial charge is 0.169 e. The highest BCUT2D eigenvalue weighted by molar-refractivity contribution is 7.80. The van der Waals surface area contributed by atoms with Crippen molar-refractivity contribution in [1.82, 2.24) is 15.2 Å². The molecule has 5 heteroatoms. The largest absolute Gasteiger partial charge is 0.467 e. The van der Waals surface area contributed by atoms with Crippen LogP contribution in [-0.4, -0.2) is 21.5 Å². The van der Waals surface area contributed by atoms with Crippen LogP contribution in [0.1, 0.15) is 11.3 Å². The number of furan rings is 1. The van der Waals surface area contributed by atoms with E-state index >= 15 is 0 Å². The second-order valence-electron chi connectivity index (χ2n) is 4.27. The molecule has 0 radical (unpaired) electrons. The van der Waals surface area contributed by atoms with Crippen molar-refractivity contribution in [3.63, 3.8) is 0 Å². The van der Waals surface area contributed by atoms with Gasteiger partial charge in [0.1, 0.15) is 5.76 Å². The predicted molar refractivity (Wildman–Crippen MR) is 83.0 cm³/mol. The van der Waals surface area contributed by atoms with Gasteiger partial charge in [0, 0.05) is 25.5 Å². The van der Waals surface area contributed by atoms with Crippen LogP contribution in [-0.2, 0) is 13.1 Å². The Hall–Kier alpha value is -2.14. The maximum atomic E-state index is 5.42. The first kappa shape index (κ1) is 14.3. The van der Waals surface area contributed by atoms with Gasteiger partial charge < -0.3 is 14.6 Å². The third-order valence-corrected chi connectivity index (χ3v) is 3.11. The predicted octanol–water partition coefficient (Wildman–Crippen LogP) is 2.74. The average molecular weight is 287 g/mol. The molecule has 0 saturated carbocycles. The van der Waals surface area contributed by atoms with Crippen LogP contribution in [0.4, 0.5) is 0 Å². The van der Waals surface area contributed by atoms with E-state index in [2.05, 4.69) is 16.9 Å². The van der Waals surface area contributed by atoms with Gasteiger partial charge in [0.25, 0.3) is 0 Å². The van der Waals surface area contributed by atoms with Crippen LogP contribution < -0.4 is 5.32 Å². The summed E-state index contributed by atoms with van der Waals surface area (Å²) in [6.07, 6.45) is 7.04. The van der Waals surface area contributed by atoms with Crippen LogP contribution in [0, 0.1) is 0 Å². The lowest BCUT2D eigenvalue weighted by atomic mass is 10.2. The Morgan fingerprint density at radius 1 is 1.40 bits per heavy atom. The first-order valence-corrected chi connectivity index (χ1v) is 6.75. The highest BCUT2D eigenvalue weighted by atomic mass is 32.1. The third-order valence-electron chi connectivity index (χ3n) is 2.71. The molecule has 0 aliphatic carbocycles. The first-order chi connectivity index (χ1) is 9.79. The number of rotatable bonds is 6. The fourth-order valence-electron chi connectivity index (χ4n) is 1.77. The molecule has 104 valence electrons. The summed E-state index contributed by atoms with van der Waals surface area (Å²) in [5.41, 5.74) is 1.10. The zero-order valence-electron chi connectivity index (χ0n) is 11.2. The van der Waals surface area contributed by atoms with Gasteiger partial charge in [-0.05, 0) is 36.0 Å². The van der Waals surface area contributed by atoms with Gasteiger partial charge in [0.15, 0.2) is 5.11 Å². The molecule has 20 heavy (non-hydrogen) atoms. The Morgan fingerprint density at radius 2 is 2.30 bits per heavy atom. The third kappa shape index (κ3) is 4.20. The molecule has 0 fully saturated rings. The van der Waals surface area contributed by atoms with E-state index < -0.39 is 0 Å². The molecule has 1 N–H and O–H groups in total. The molecule has 0 unspecified atom stereocenters. The maximum Gasteiger partial charge on any atom is 0.169 e. The molecule has 0 saturated heterocycles. The normalized spacial score (nSPS) is 10.0. The minimum absolute atomic E-state index is 0.616. The van der Waals surface area contributed by atoms with Gasteiger partial charge in [-0.25, -0.2) is 0 Å². The van der Waals surface area contributed by atoms with E-state index in [-0.39, 0.29) is 0 Å². The number of nitrogens with zero attached hydrogens (tertiary/aromatic N) is 2. The van der Waals surface area contributed by atoms with Gasteiger partial charge in [-0.1, -0.05) is 12.1 Å². The molecule has 0 aromatic carbocycles. The van der Waals surface area contributed by atoms with Gasteiger partial charge in [0.2, 0.25) is 0 Å². The van der Waals surface area contributed by atoms with E-state index in [1.807, 2.05) is 35.4 Å². The Morgan fingerprint density at radius 3 is 2.95 bits per heavy atom. The number of hydrogen-bond acceptors (Lipinski definition) is 3. The number of nitrogens with one attached hydrogen (secondary N) is 1. The van der Waals surface area contributed by atoms with Crippen molar-refractivity contribution in [2.24, 2.45) is 0 Å². The Labute approximate surface area is 124 Å². The van der Waals surface area contributed by atoms with E-state index in [9.17, 15) is 0 Å². The van der Waals surface area contributed by atoms with Gasteiger partial charge in [-0.2, -0.15) is 0 Å². The average Bonchev–Trinajstić information content (AvgIpc) is 2.98. The Balaban J connectivity index is 2.06. The highest BCUT2D eigenvalue weighted by Gasteiger charge is 2.12. The van der Waals surface area contributed by atoms with E-state index in [0.29, 0.717) is 24.7 Å². The molecule has 2 aromatic heterocycles. The summed E-state index contributed by atoms with van der Waals surface area (Å²) in [5.74, 6) is 0.872. The van der Waals surface area contributed by atoms with Crippen LogP contribution in [0.2, 0.25) is 0 Å². The van der Waals surface area contributed by atoms with Crippen molar-refractivity contribution in [2.75, 3.05) is 6.54 Å². The molecule has 2 rings (SSSR count). The molecule has 4 nitrogen and oxygen atoms in total. The van der Waals surface area contributed by atoms with Crippen LogP contribution in [0.5, 0.6) is 0 Å². The lowest BCUT2D eigenvalue weighted by Crippen LogP contribution is -2.38. The lowest BCUT2D eigenvalue weighted by molar-refractivity contribution is 0.352. The topological polar surface area (TPSA) is 41.3 Å². The second kappa shape index (κ2) is 7.45.